The minimum atomic E-state index is -4.52. The van der Waals surface area contributed by atoms with Crippen LogP contribution in [0, 0.1) is 0 Å². The number of hydrogen-bond donors (Lipinski definition) is 4. The van der Waals surface area contributed by atoms with E-state index >= 15 is 0 Å². The van der Waals surface area contributed by atoms with E-state index in [-0.39, 0.29) is 54.1 Å². The second-order valence-corrected chi connectivity index (χ2v) is 8.14. The zero-order valence-corrected chi connectivity index (χ0v) is 17.2. The minimum Gasteiger partial charge on any atom is -0.466 e. The summed E-state index contributed by atoms with van der Waals surface area (Å²) in [4.78, 5) is 25.6. The number of nitrogens with one attached hydrogen (secondary N) is 2. The number of β-amino-alcohol motifs (C(OH)–C–C–N with tert-alkyl or cyclic N) is 1. The Kier molecular flexibility index (Phi) is 7.36. The number of anilines is 1. The van der Waals surface area contributed by atoms with Crippen LogP contribution in [0.2, 0.25) is 0 Å². The number of ether oxygens (including phenoxy) is 1. The van der Waals surface area contributed by atoms with E-state index < -0.39 is 22.0 Å². The molecule has 0 bridgehead atoms. The van der Waals surface area contributed by atoms with Crippen molar-refractivity contribution in [2.75, 3.05) is 32.1 Å². The zero-order valence-electron chi connectivity index (χ0n) is 16.4. The molecule has 1 amide bonds. The standard InChI is InChI=1S/C18H25N3O7S/c1-11(2)19-9-12-4-5-13(8-15(12)29(25,26)27)20-16-14(18(24)28-3)10-21(6-7-22)17(16)23/h4-5,8,11,19-20,22H,6-7,9-10H2,1-3H3,(H,25,26,27). The van der Waals surface area contributed by atoms with E-state index in [1.54, 1.807) is 0 Å². The average molecular weight is 427 g/mol. The van der Waals surface area contributed by atoms with Crippen LogP contribution in [0.15, 0.2) is 34.4 Å². The van der Waals surface area contributed by atoms with Gasteiger partial charge in [0.2, 0.25) is 0 Å². The number of nitrogens with zero attached hydrogens (tertiary/aromatic N) is 1. The Bertz CT molecular complexity index is 925. The van der Waals surface area contributed by atoms with Crippen LogP contribution >= 0.6 is 0 Å². The van der Waals surface area contributed by atoms with Crippen LogP contribution in [0.5, 0.6) is 0 Å². The summed E-state index contributed by atoms with van der Waals surface area (Å²) >= 11 is 0. The number of amides is 1. The van der Waals surface area contributed by atoms with E-state index in [1.807, 2.05) is 13.8 Å². The van der Waals surface area contributed by atoms with Gasteiger partial charge in [-0.25, -0.2) is 4.79 Å². The Hall–Kier alpha value is -2.47. The first kappa shape index (κ1) is 22.8. The van der Waals surface area contributed by atoms with Gasteiger partial charge in [0.25, 0.3) is 16.0 Å². The molecule has 1 heterocycles. The van der Waals surface area contributed by atoms with Crippen molar-refractivity contribution in [1.29, 1.82) is 0 Å². The van der Waals surface area contributed by atoms with Gasteiger partial charge >= 0.3 is 5.97 Å². The monoisotopic (exact) mass is 427 g/mol. The SMILES string of the molecule is COC(=O)C1=C(Nc2ccc(CNC(C)C)c(S(=O)(=O)O)c2)C(=O)N(CCO)C1. The fourth-order valence-corrected chi connectivity index (χ4v) is 3.57. The van der Waals surface area contributed by atoms with Crippen molar-refractivity contribution >= 4 is 27.7 Å². The van der Waals surface area contributed by atoms with Crippen LogP contribution in [0.3, 0.4) is 0 Å². The molecule has 0 atom stereocenters. The predicted octanol–water partition coefficient (Wildman–Crippen LogP) is 0.105. The molecular weight excluding hydrogens is 402 g/mol. The summed E-state index contributed by atoms with van der Waals surface area (Å²) in [6.07, 6.45) is 0. The molecular formula is C18H25N3O7S. The van der Waals surface area contributed by atoms with Gasteiger partial charge in [0.05, 0.1) is 25.8 Å². The molecule has 0 spiro atoms. The van der Waals surface area contributed by atoms with Crippen molar-refractivity contribution in [3.63, 3.8) is 0 Å². The fourth-order valence-electron chi connectivity index (χ4n) is 2.83. The summed E-state index contributed by atoms with van der Waals surface area (Å²) < 4.78 is 37.9. The maximum Gasteiger partial charge on any atom is 0.337 e. The van der Waals surface area contributed by atoms with Crippen molar-refractivity contribution in [2.45, 2.75) is 31.3 Å². The average Bonchev–Trinajstić information content (AvgIpc) is 2.95. The number of aliphatic hydroxyl groups excluding tert-OH is 1. The van der Waals surface area contributed by atoms with Crippen molar-refractivity contribution in [3.05, 3.63) is 35.0 Å². The molecule has 0 saturated heterocycles. The van der Waals surface area contributed by atoms with E-state index in [9.17, 15) is 22.6 Å². The molecule has 0 fully saturated rings. The summed E-state index contributed by atoms with van der Waals surface area (Å²) in [5, 5.41) is 14.9. The van der Waals surface area contributed by atoms with E-state index in [2.05, 4.69) is 10.6 Å². The Balaban J connectivity index is 2.41. The molecule has 2 rings (SSSR count). The van der Waals surface area contributed by atoms with Gasteiger partial charge in [-0.1, -0.05) is 19.9 Å². The van der Waals surface area contributed by atoms with Crippen LogP contribution in [0.25, 0.3) is 0 Å². The molecule has 0 saturated carbocycles. The number of esters is 1. The molecule has 29 heavy (non-hydrogen) atoms. The highest BCUT2D eigenvalue weighted by Gasteiger charge is 2.34. The molecule has 0 radical (unpaired) electrons. The molecule has 0 unspecified atom stereocenters. The summed E-state index contributed by atoms with van der Waals surface area (Å²) in [5.74, 6) is -1.24. The molecule has 0 aromatic heterocycles. The zero-order chi connectivity index (χ0) is 21.8. The Morgan fingerprint density at radius 3 is 2.59 bits per heavy atom. The third-order valence-corrected chi connectivity index (χ3v) is 5.20. The van der Waals surface area contributed by atoms with E-state index in [0.717, 1.165) is 0 Å². The molecule has 10 nitrogen and oxygen atoms in total. The highest BCUT2D eigenvalue weighted by Crippen LogP contribution is 2.26. The summed E-state index contributed by atoms with van der Waals surface area (Å²) in [6.45, 7) is 3.71. The van der Waals surface area contributed by atoms with Crippen molar-refractivity contribution in [1.82, 2.24) is 10.2 Å². The Morgan fingerprint density at radius 2 is 2.03 bits per heavy atom. The highest BCUT2D eigenvalue weighted by atomic mass is 32.2. The van der Waals surface area contributed by atoms with Crippen molar-refractivity contribution in [3.8, 4) is 0 Å². The summed E-state index contributed by atoms with van der Waals surface area (Å²) in [7, 11) is -3.34. The fraction of sp³-hybridized carbons (Fsp3) is 0.444. The smallest absolute Gasteiger partial charge is 0.337 e. The lowest BCUT2D eigenvalue weighted by molar-refractivity contribution is -0.136. The van der Waals surface area contributed by atoms with Gasteiger partial charge in [0.15, 0.2) is 0 Å². The molecule has 11 heteroatoms. The first-order valence-corrected chi connectivity index (χ1v) is 10.3. The van der Waals surface area contributed by atoms with Gasteiger partial charge in [0.1, 0.15) is 10.6 Å². The summed E-state index contributed by atoms with van der Waals surface area (Å²) in [5.41, 5.74) is 0.541. The number of carbonyl (C=O) groups excluding carboxylic acids is 2. The third kappa shape index (κ3) is 5.54. The van der Waals surface area contributed by atoms with Gasteiger partial charge in [-0.3, -0.25) is 9.35 Å². The largest absolute Gasteiger partial charge is 0.466 e. The summed E-state index contributed by atoms with van der Waals surface area (Å²) in [6, 6.07) is 4.33. The number of hydrogen-bond acceptors (Lipinski definition) is 8. The maximum absolute atomic E-state index is 12.6. The molecule has 1 aromatic carbocycles. The molecule has 1 aromatic rings. The second kappa shape index (κ2) is 9.35. The number of carbonyl (C=O) groups is 2. The molecule has 0 aliphatic carbocycles. The normalized spacial score (nSPS) is 14.7. The molecule has 4 N–H and O–H groups in total. The van der Waals surface area contributed by atoms with Gasteiger partial charge in [-0.15, -0.1) is 0 Å². The lowest BCUT2D eigenvalue weighted by Gasteiger charge is -2.16. The maximum atomic E-state index is 12.6. The number of methoxy groups -OCH3 is 1. The topological polar surface area (TPSA) is 145 Å². The number of rotatable bonds is 9. The first-order chi connectivity index (χ1) is 13.6. The van der Waals surface area contributed by atoms with Crippen molar-refractivity contribution in [2.24, 2.45) is 0 Å². The van der Waals surface area contributed by atoms with Gasteiger partial charge in [0, 0.05) is 24.8 Å². The van der Waals surface area contributed by atoms with Gasteiger partial charge < -0.3 is 25.4 Å². The first-order valence-electron chi connectivity index (χ1n) is 8.91. The Labute approximate surface area is 169 Å². The van der Waals surface area contributed by atoms with Crippen LogP contribution in [-0.4, -0.2) is 67.7 Å². The number of aliphatic hydroxyl groups is 1. The van der Waals surface area contributed by atoms with Crippen LogP contribution in [0.4, 0.5) is 5.69 Å². The third-order valence-electron chi connectivity index (χ3n) is 4.27. The van der Waals surface area contributed by atoms with E-state index in [0.29, 0.717) is 5.56 Å². The molecule has 1 aliphatic heterocycles. The van der Waals surface area contributed by atoms with Crippen LogP contribution in [0.1, 0.15) is 19.4 Å². The quantitative estimate of drug-likeness (QED) is 0.318. The minimum absolute atomic E-state index is 0.0284. The van der Waals surface area contributed by atoms with Crippen molar-refractivity contribution < 1.29 is 32.4 Å². The van der Waals surface area contributed by atoms with E-state index in [1.165, 1.54) is 30.2 Å². The predicted molar refractivity (Wildman–Crippen MR) is 105 cm³/mol. The van der Waals surface area contributed by atoms with Crippen LogP contribution < -0.4 is 10.6 Å². The van der Waals surface area contributed by atoms with Crippen LogP contribution in [-0.2, 0) is 31.0 Å². The van der Waals surface area contributed by atoms with E-state index in [4.69, 9.17) is 9.84 Å². The number of benzene rings is 1. The lowest BCUT2D eigenvalue weighted by atomic mass is 10.1. The lowest BCUT2D eigenvalue weighted by Crippen LogP contribution is -2.31. The molecule has 160 valence electrons. The Morgan fingerprint density at radius 1 is 1.34 bits per heavy atom. The van der Waals surface area contributed by atoms with Gasteiger partial charge in [-0.2, -0.15) is 8.42 Å². The highest BCUT2D eigenvalue weighted by molar-refractivity contribution is 7.85. The second-order valence-electron chi connectivity index (χ2n) is 6.75. The van der Waals surface area contributed by atoms with Gasteiger partial charge in [-0.05, 0) is 17.7 Å². The molecule has 1 aliphatic rings.